The fourth-order valence-corrected chi connectivity index (χ4v) is 2.27. The Morgan fingerprint density at radius 2 is 2.10 bits per heavy atom. The Bertz CT molecular complexity index is 435. The first kappa shape index (κ1) is 14.9. The van der Waals surface area contributed by atoms with Crippen molar-refractivity contribution in [2.24, 2.45) is 0 Å². The number of nitrogens with zero attached hydrogens (tertiary/aromatic N) is 1. The van der Waals surface area contributed by atoms with Crippen LogP contribution in [0.3, 0.4) is 0 Å². The second-order valence-electron chi connectivity index (χ2n) is 4.90. The zero-order valence-corrected chi connectivity index (χ0v) is 11.7. The van der Waals surface area contributed by atoms with Crippen molar-refractivity contribution in [2.75, 3.05) is 33.4 Å². The maximum absolute atomic E-state index is 12.7. The molecule has 0 N–H and O–H groups in total. The van der Waals surface area contributed by atoms with Gasteiger partial charge in [0.1, 0.15) is 17.7 Å². The summed E-state index contributed by atoms with van der Waals surface area (Å²) < 4.78 is 23.4. The van der Waals surface area contributed by atoms with Gasteiger partial charge in [0.05, 0.1) is 6.61 Å². The van der Waals surface area contributed by atoms with E-state index in [1.165, 1.54) is 12.1 Å². The van der Waals surface area contributed by atoms with E-state index in [9.17, 15) is 9.18 Å². The number of rotatable bonds is 6. The monoisotopic (exact) mass is 281 g/mol. The molecule has 0 saturated carbocycles. The number of likely N-dealkylation sites (tertiary alicyclic amines) is 1. The van der Waals surface area contributed by atoms with Crippen LogP contribution in [0, 0.1) is 5.82 Å². The van der Waals surface area contributed by atoms with Crippen molar-refractivity contribution in [1.82, 2.24) is 4.90 Å². The van der Waals surface area contributed by atoms with Gasteiger partial charge in [-0.1, -0.05) is 0 Å². The second-order valence-corrected chi connectivity index (χ2v) is 4.90. The highest BCUT2D eigenvalue weighted by atomic mass is 19.1. The highest BCUT2D eigenvalue weighted by molar-refractivity contribution is 5.84. The third-order valence-electron chi connectivity index (χ3n) is 3.44. The topological polar surface area (TPSA) is 38.8 Å². The van der Waals surface area contributed by atoms with Gasteiger partial charge in [0, 0.05) is 33.2 Å². The summed E-state index contributed by atoms with van der Waals surface area (Å²) in [5.41, 5.74) is 0. The molecular formula is C15H20FNO3. The number of carbonyl (C=O) groups is 1. The molecule has 1 atom stereocenters. The first-order valence-corrected chi connectivity index (χ1v) is 6.85. The molecule has 0 unspecified atom stereocenters. The lowest BCUT2D eigenvalue weighted by Crippen LogP contribution is -2.45. The van der Waals surface area contributed by atoms with Crippen molar-refractivity contribution in [3.8, 4) is 5.75 Å². The van der Waals surface area contributed by atoms with E-state index in [0.717, 1.165) is 19.5 Å². The highest BCUT2D eigenvalue weighted by Gasteiger charge is 2.26. The maximum atomic E-state index is 12.7. The number of benzene rings is 1. The molecule has 1 saturated heterocycles. The minimum Gasteiger partial charge on any atom is -0.494 e. The molecule has 2 rings (SSSR count). The van der Waals surface area contributed by atoms with E-state index in [4.69, 9.17) is 9.47 Å². The van der Waals surface area contributed by atoms with Gasteiger partial charge >= 0.3 is 0 Å². The molecule has 1 aromatic rings. The minimum atomic E-state index is -0.290. The fraction of sp³-hybridized carbons (Fsp3) is 0.533. The molecule has 20 heavy (non-hydrogen) atoms. The van der Waals surface area contributed by atoms with Crippen LogP contribution in [0.25, 0.3) is 0 Å². The molecule has 4 nitrogen and oxygen atoms in total. The average molecular weight is 281 g/mol. The van der Waals surface area contributed by atoms with Gasteiger partial charge in [0.25, 0.3) is 0 Å². The Balaban J connectivity index is 1.66. The third-order valence-corrected chi connectivity index (χ3v) is 3.44. The molecule has 1 aliphatic heterocycles. The molecule has 0 spiro atoms. The summed E-state index contributed by atoms with van der Waals surface area (Å²) in [5, 5.41) is 0. The largest absolute Gasteiger partial charge is 0.494 e. The molecule has 1 heterocycles. The van der Waals surface area contributed by atoms with Crippen LogP contribution in [-0.2, 0) is 9.53 Å². The smallest absolute Gasteiger partial charge is 0.164 e. The molecule has 0 radical (unpaired) electrons. The number of halogens is 1. The van der Waals surface area contributed by atoms with Crippen LogP contribution in [0.1, 0.15) is 12.8 Å². The summed E-state index contributed by atoms with van der Waals surface area (Å²) in [6.45, 7) is 2.89. The Hall–Kier alpha value is -1.46. The number of carbonyl (C=O) groups excluding carboxylic acids is 1. The van der Waals surface area contributed by atoms with Gasteiger partial charge < -0.3 is 9.47 Å². The Labute approximate surface area is 118 Å². The quantitative estimate of drug-likeness (QED) is 0.746. The maximum Gasteiger partial charge on any atom is 0.164 e. The first-order chi connectivity index (χ1) is 9.69. The number of methoxy groups -OCH3 is 1. The van der Waals surface area contributed by atoms with Gasteiger partial charge in [-0.25, -0.2) is 4.39 Å². The molecule has 0 amide bonds. The molecular weight excluding hydrogens is 261 g/mol. The summed E-state index contributed by atoms with van der Waals surface area (Å²) in [5.74, 6) is 0.599. The molecule has 110 valence electrons. The van der Waals surface area contributed by atoms with Gasteiger partial charge in [-0.15, -0.1) is 0 Å². The molecule has 1 aromatic carbocycles. The van der Waals surface area contributed by atoms with E-state index in [2.05, 4.69) is 4.90 Å². The van der Waals surface area contributed by atoms with Crippen molar-refractivity contribution in [3.63, 3.8) is 0 Å². The Kier molecular flexibility index (Phi) is 5.49. The fourth-order valence-electron chi connectivity index (χ4n) is 2.27. The molecule has 1 fully saturated rings. The number of ketones is 1. The van der Waals surface area contributed by atoms with Crippen LogP contribution in [0.15, 0.2) is 24.3 Å². The molecule has 5 heteroatoms. The lowest BCUT2D eigenvalue weighted by molar-refractivity contribution is -0.133. The molecule has 0 bridgehead atoms. The summed E-state index contributed by atoms with van der Waals surface area (Å²) in [6.07, 6.45) is 1.13. The van der Waals surface area contributed by atoms with Gasteiger partial charge in [-0.05, 0) is 30.7 Å². The summed E-state index contributed by atoms with van der Waals surface area (Å²) in [7, 11) is 1.57. The summed E-state index contributed by atoms with van der Waals surface area (Å²) >= 11 is 0. The van der Waals surface area contributed by atoms with Crippen LogP contribution < -0.4 is 4.74 Å². The van der Waals surface area contributed by atoms with E-state index in [1.54, 1.807) is 19.2 Å². The third kappa shape index (κ3) is 4.28. The van der Waals surface area contributed by atoms with Crippen LogP contribution in [0.4, 0.5) is 4.39 Å². The highest BCUT2D eigenvalue weighted by Crippen LogP contribution is 2.12. The van der Waals surface area contributed by atoms with Crippen LogP contribution in [0.5, 0.6) is 5.75 Å². The van der Waals surface area contributed by atoms with E-state index in [1.807, 2.05) is 0 Å². The van der Waals surface area contributed by atoms with Gasteiger partial charge in [-0.3, -0.25) is 9.69 Å². The van der Waals surface area contributed by atoms with Gasteiger partial charge in [-0.2, -0.15) is 0 Å². The van der Waals surface area contributed by atoms with E-state index in [0.29, 0.717) is 25.3 Å². The van der Waals surface area contributed by atoms with Gasteiger partial charge in [0.15, 0.2) is 5.78 Å². The Morgan fingerprint density at radius 1 is 1.35 bits per heavy atom. The molecule has 1 aliphatic rings. The summed E-state index contributed by atoms with van der Waals surface area (Å²) in [4.78, 5) is 13.7. The SMILES string of the molecule is CO[C@H]1CN(CCCOc2ccc(F)cc2)CCC1=O. The standard InChI is InChI=1S/C15H20FNO3/c1-19-15-11-17(9-7-14(15)18)8-2-10-20-13-5-3-12(16)4-6-13/h3-6,15H,2,7-11H2,1H3/t15-/m0/s1. The minimum absolute atomic E-state index is 0.186. The van der Waals surface area contributed by atoms with Crippen molar-refractivity contribution in [2.45, 2.75) is 18.9 Å². The number of Topliss-reactive ketones (excluding diaryl/α,β-unsaturated/α-hetero) is 1. The second kappa shape index (κ2) is 7.36. The van der Waals surface area contributed by atoms with Crippen LogP contribution >= 0.6 is 0 Å². The van der Waals surface area contributed by atoms with E-state index < -0.39 is 0 Å². The van der Waals surface area contributed by atoms with Crippen LogP contribution in [-0.4, -0.2) is 50.1 Å². The predicted molar refractivity (Wildman–Crippen MR) is 73.4 cm³/mol. The zero-order chi connectivity index (χ0) is 14.4. The number of hydrogen-bond donors (Lipinski definition) is 0. The lowest BCUT2D eigenvalue weighted by Gasteiger charge is -2.30. The van der Waals surface area contributed by atoms with Crippen molar-refractivity contribution in [3.05, 3.63) is 30.1 Å². The molecule has 0 aliphatic carbocycles. The van der Waals surface area contributed by atoms with Crippen LogP contribution in [0.2, 0.25) is 0 Å². The number of ether oxygens (including phenoxy) is 2. The summed E-state index contributed by atoms with van der Waals surface area (Å²) in [6, 6.07) is 6.01. The number of piperidine rings is 1. The van der Waals surface area contributed by atoms with E-state index in [-0.39, 0.29) is 17.7 Å². The zero-order valence-electron chi connectivity index (χ0n) is 11.7. The van der Waals surface area contributed by atoms with Crippen molar-refractivity contribution in [1.29, 1.82) is 0 Å². The molecule has 0 aromatic heterocycles. The first-order valence-electron chi connectivity index (χ1n) is 6.85. The van der Waals surface area contributed by atoms with Crippen molar-refractivity contribution < 1.29 is 18.7 Å². The predicted octanol–water partition coefficient (Wildman–Crippen LogP) is 1.88. The Morgan fingerprint density at radius 3 is 2.80 bits per heavy atom. The normalized spacial score (nSPS) is 20.1. The van der Waals surface area contributed by atoms with Crippen molar-refractivity contribution >= 4 is 5.78 Å². The van der Waals surface area contributed by atoms with E-state index >= 15 is 0 Å². The number of hydrogen-bond acceptors (Lipinski definition) is 4. The van der Waals surface area contributed by atoms with Gasteiger partial charge in [0.2, 0.25) is 0 Å². The average Bonchev–Trinajstić information content (AvgIpc) is 2.47. The lowest BCUT2D eigenvalue weighted by atomic mass is 10.1.